The molecule has 0 aliphatic heterocycles. The van der Waals surface area contributed by atoms with Gasteiger partial charge in [-0.15, -0.1) is 0 Å². The molecule has 14 atom stereocenters. The Bertz CT molecular complexity index is 923. The van der Waals surface area contributed by atoms with E-state index in [1.807, 2.05) is 0 Å². The lowest BCUT2D eigenvalue weighted by Gasteiger charge is -2.74. The predicted molar refractivity (Wildman–Crippen MR) is 141 cm³/mol. The largest absolute Gasteiger partial charge is 0.468 e. The molecule has 6 heteroatoms. The maximum Gasteiger partial charge on any atom is 0.317 e. The molecular weight excluding hydrogens is 468 g/mol. The van der Waals surface area contributed by atoms with Crippen LogP contribution in [0.1, 0.15) is 92.9 Å². The molecule has 0 heterocycles. The topological polar surface area (TPSA) is 107 Å². The number of aliphatic hydroxyl groups is 4. The van der Waals surface area contributed by atoms with E-state index in [4.69, 9.17) is 4.74 Å². The van der Waals surface area contributed by atoms with Gasteiger partial charge in [0.05, 0.1) is 32.0 Å². The van der Waals surface area contributed by atoms with Gasteiger partial charge in [0, 0.05) is 5.92 Å². The van der Waals surface area contributed by atoms with Gasteiger partial charge in [0.2, 0.25) is 0 Å². The summed E-state index contributed by atoms with van der Waals surface area (Å²) in [4.78, 5) is 13.2. The second-order valence-corrected chi connectivity index (χ2v) is 15.3. The molecule has 6 nitrogen and oxygen atoms in total. The monoisotopic (exact) mass is 520 g/mol. The lowest BCUT2D eigenvalue weighted by atomic mass is 9.30. The Morgan fingerprint density at radius 2 is 1.57 bits per heavy atom. The van der Waals surface area contributed by atoms with Gasteiger partial charge in [0.15, 0.2) is 0 Å². The van der Waals surface area contributed by atoms with Gasteiger partial charge < -0.3 is 25.2 Å². The van der Waals surface area contributed by atoms with Crippen LogP contribution in [-0.4, -0.2) is 58.4 Å². The lowest BCUT2D eigenvalue weighted by Crippen LogP contribution is -2.74. The van der Waals surface area contributed by atoms with Gasteiger partial charge in [-0.2, -0.15) is 0 Å². The van der Waals surface area contributed by atoms with Gasteiger partial charge in [-0.1, -0.05) is 41.5 Å². The molecule has 4 N–H and O–H groups in total. The highest BCUT2D eigenvalue weighted by Gasteiger charge is 2.75. The molecule has 5 rings (SSSR count). The lowest BCUT2D eigenvalue weighted by molar-refractivity contribution is -0.301. The fraction of sp³-hybridized carbons (Fsp3) is 0.968. The van der Waals surface area contributed by atoms with E-state index in [2.05, 4.69) is 41.5 Å². The van der Waals surface area contributed by atoms with E-state index in [9.17, 15) is 25.2 Å². The molecule has 0 radical (unpaired) electrons. The molecule has 5 fully saturated rings. The summed E-state index contributed by atoms with van der Waals surface area (Å²) >= 11 is 0. The van der Waals surface area contributed by atoms with E-state index in [0.717, 1.165) is 25.2 Å². The van der Waals surface area contributed by atoms with E-state index in [-0.39, 0.29) is 16.7 Å². The van der Waals surface area contributed by atoms with E-state index < -0.39 is 47.6 Å². The Morgan fingerprint density at radius 3 is 2.19 bits per heavy atom. The van der Waals surface area contributed by atoms with Crippen molar-refractivity contribution in [3.63, 3.8) is 0 Å². The van der Waals surface area contributed by atoms with Crippen LogP contribution < -0.4 is 0 Å². The zero-order valence-electron chi connectivity index (χ0n) is 24.2. The van der Waals surface area contributed by atoms with Crippen molar-refractivity contribution < 1.29 is 30.0 Å². The molecule has 5 aliphatic carbocycles. The maximum atomic E-state index is 13.2. The minimum Gasteiger partial charge on any atom is -0.468 e. The number of fused-ring (bicyclic) bond motifs is 7. The van der Waals surface area contributed by atoms with Crippen LogP contribution in [0.25, 0.3) is 0 Å². The first kappa shape index (κ1) is 27.9. The van der Waals surface area contributed by atoms with Gasteiger partial charge in [-0.05, 0) is 103 Å². The number of hydrogen-bond donors (Lipinski definition) is 4. The van der Waals surface area contributed by atoms with Crippen molar-refractivity contribution in [2.24, 2.45) is 62.6 Å². The van der Waals surface area contributed by atoms with Crippen molar-refractivity contribution >= 4 is 5.97 Å². The van der Waals surface area contributed by atoms with Crippen molar-refractivity contribution in [1.29, 1.82) is 0 Å². The zero-order chi connectivity index (χ0) is 27.3. The smallest absolute Gasteiger partial charge is 0.317 e. The number of rotatable bonds is 2. The van der Waals surface area contributed by atoms with Crippen molar-refractivity contribution in [2.75, 3.05) is 13.7 Å². The first-order chi connectivity index (χ1) is 17.2. The SMILES string of the molecule is COC(=O)[C@]1(CO)[C@@H]2C(O)C[C@]3(C)[C@H](CC[C@@H]4[C@@H]5[C@@H](C)[C@H](C)CC[C@]5(C)CC[C@]43C)[C@@]2(C)CC(O)[C@@H]1O. The normalized spacial score (nSPS) is 59.4. The number of methoxy groups -OCH3 is 1. The number of aliphatic hydroxyl groups excluding tert-OH is 4. The number of carbonyl (C=O) groups is 1. The Morgan fingerprint density at radius 1 is 0.892 bits per heavy atom. The quantitative estimate of drug-likeness (QED) is 0.407. The fourth-order valence-electron chi connectivity index (χ4n) is 12.1. The standard InChI is InChI=1S/C31H52O6/c1-17-10-11-27(3)12-13-29(5)19(23(27)18(17)2)8-9-22-28(4)14-21(34)25(35)31(16-32,26(36)37-7)24(28)20(33)15-30(22,29)6/h17-25,32-35H,8-16H2,1-7H3/t17-,18+,19-,20?,21?,22-,23+,24-,25+,27-,28-,29-,30-,31-/m1/s1. The fourth-order valence-corrected chi connectivity index (χ4v) is 12.1. The molecule has 5 saturated carbocycles. The maximum absolute atomic E-state index is 13.2. The van der Waals surface area contributed by atoms with Gasteiger partial charge in [0.1, 0.15) is 5.41 Å². The summed E-state index contributed by atoms with van der Waals surface area (Å²) in [6.07, 6.45) is 4.40. The van der Waals surface area contributed by atoms with E-state index >= 15 is 0 Å². The minimum absolute atomic E-state index is 0.0362. The first-order valence-electron chi connectivity index (χ1n) is 14.9. The Hall–Kier alpha value is -0.690. The van der Waals surface area contributed by atoms with Crippen LogP contribution in [-0.2, 0) is 9.53 Å². The summed E-state index contributed by atoms with van der Waals surface area (Å²) in [6.45, 7) is 13.7. The van der Waals surface area contributed by atoms with Gasteiger partial charge in [-0.3, -0.25) is 4.79 Å². The highest BCUT2D eigenvalue weighted by Crippen LogP contribution is 2.77. The Kier molecular flexibility index (Phi) is 6.52. The number of hydrogen-bond acceptors (Lipinski definition) is 6. The molecule has 0 bridgehead atoms. The molecule has 2 unspecified atom stereocenters. The molecule has 212 valence electrons. The second-order valence-electron chi connectivity index (χ2n) is 15.3. The van der Waals surface area contributed by atoms with E-state index in [1.54, 1.807) is 0 Å². The molecule has 0 aromatic heterocycles. The van der Waals surface area contributed by atoms with Crippen molar-refractivity contribution in [1.82, 2.24) is 0 Å². The van der Waals surface area contributed by atoms with Crippen LogP contribution in [0.5, 0.6) is 0 Å². The van der Waals surface area contributed by atoms with Gasteiger partial charge >= 0.3 is 5.97 Å². The average Bonchev–Trinajstić information content (AvgIpc) is 2.83. The molecule has 5 aliphatic rings. The van der Waals surface area contributed by atoms with Crippen LogP contribution in [0.3, 0.4) is 0 Å². The number of ether oxygens (including phenoxy) is 1. The van der Waals surface area contributed by atoms with Crippen LogP contribution in [0.2, 0.25) is 0 Å². The van der Waals surface area contributed by atoms with Gasteiger partial charge in [-0.25, -0.2) is 0 Å². The van der Waals surface area contributed by atoms with Gasteiger partial charge in [0.25, 0.3) is 0 Å². The molecule has 0 spiro atoms. The molecular formula is C31H52O6. The number of esters is 1. The molecule has 0 amide bonds. The van der Waals surface area contributed by atoms with Crippen LogP contribution in [0.15, 0.2) is 0 Å². The summed E-state index contributed by atoms with van der Waals surface area (Å²) in [5, 5.41) is 44.9. The summed E-state index contributed by atoms with van der Waals surface area (Å²) in [5.41, 5.74) is -2.13. The van der Waals surface area contributed by atoms with Crippen LogP contribution in [0.4, 0.5) is 0 Å². The molecule has 0 aromatic carbocycles. The molecule has 0 aromatic rings. The third-order valence-electron chi connectivity index (χ3n) is 14.2. The third kappa shape index (κ3) is 3.28. The summed E-state index contributed by atoms with van der Waals surface area (Å²) < 4.78 is 5.12. The average molecular weight is 521 g/mol. The summed E-state index contributed by atoms with van der Waals surface area (Å²) in [5.74, 6) is 1.39. The Balaban J connectivity index is 1.61. The van der Waals surface area contributed by atoms with Crippen LogP contribution >= 0.6 is 0 Å². The first-order valence-corrected chi connectivity index (χ1v) is 14.9. The Labute approximate surface area is 223 Å². The highest BCUT2D eigenvalue weighted by molar-refractivity contribution is 5.79. The summed E-state index contributed by atoms with van der Waals surface area (Å²) in [6, 6.07) is 0. The second kappa shape index (κ2) is 8.65. The number of carbonyl (C=O) groups excluding carboxylic acids is 1. The molecule has 0 saturated heterocycles. The zero-order valence-corrected chi connectivity index (χ0v) is 24.2. The third-order valence-corrected chi connectivity index (χ3v) is 14.2. The van der Waals surface area contributed by atoms with Crippen LogP contribution in [0, 0.1) is 62.6 Å². The van der Waals surface area contributed by atoms with E-state index in [1.165, 1.54) is 26.4 Å². The van der Waals surface area contributed by atoms with Crippen molar-refractivity contribution in [3.05, 3.63) is 0 Å². The molecule has 37 heavy (non-hydrogen) atoms. The van der Waals surface area contributed by atoms with Crippen molar-refractivity contribution in [2.45, 2.75) is 111 Å². The minimum atomic E-state index is -1.74. The predicted octanol–water partition coefficient (Wildman–Crippen LogP) is 4.17. The van der Waals surface area contributed by atoms with Crippen molar-refractivity contribution in [3.8, 4) is 0 Å². The van der Waals surface area contributed by atoms with E-state index in [0.29, 0.717) is 36.0 Å². The summed E-state index contributed by atoms with van der Waals surface area (Å²) in [7, 11) is 1.25. The highest BCUT2D eigenvalue weighted by atomic mass is 16.5.